The number of rotatable bonds is 6. The lowest BCUT2D eigenvalue weighted by atomic mass is 10.1. The first-order valence-corrected chi connectivity index (χ1v) is 5.72. The highest BCUT2D eigenvalue weighted by atomic mass is 35.5. The molecule has 0 aliphatic heterocycles. The molecule has 1 aromatic rings. The van der Waals surface area contributed by atoms with E-state index in [1.807, 2.05) is 19.1 Å². The highest BCUT2D eigenvalue weighted by Gasteiger charge is 2.02. The van der Waals surface area contributed by atoms with Crippen molar-refractivity contribution in [3.63, 3.8) is 0 Å². The van der Waals surface area contributed by atoms with E-state index in [0.717, 1.165) is 23.3 Å². The van der Waals surface area contributed by atoms with Crippen molar-refractivity contribution in [1.29, 1.82) is 0 Å². The van der Waals surface area contributed by atoms with Gasteiger partial charge in [0.1, 0.15) is 5.75 Å². The molecule has 0 aromatic heterocycles. The molecule has 0 aliphatic carbocycles. The molecule has 5 heteroatoms. The monoisotopic (exact) mass is 272 g/mol. The molecule has 0 radical (unpaired) electrons. The maximum Gasteiger partial charge on any atom is 0.233 e. The van der Waals surface area contributed by atoms with E-state index in [1.165, 1.54) is 0 Å². The van der Waals surface area contributed by atoms with Gasteiger partial charge in [-0.15, -0.1) is 12.4 Å². The SMILES string of the molecule is CNCC(=O)NCCc1ccc(C)c(OC)c1.Cl. The number of ether oxygens (including phenoxy) is 1. The Morgan fingerprint density at radius 2 is 2.11 bits per heavy atom. The summed E-state index contributed by atoms with van der Waals surface area (Å²) in [4.78, 5) is 11.2. The van der Waals surface area contributed by atoms with Crippen molar-refractivity contribution in [1.82, 2.24) is 10.6 Å². The van der Waals surface area contributed by atoms with Crippen molar-refractivity contribution >= 4 is 18.3 Å². The lowest BCUT2D eigenvalue weighted by molar-refractivity contribution is -0.120. The van der Waals surface area contributed by atoms with Crippen LogP contribution in [-0.2, 0) is 11.2 Å². The number of carbonyl (C=O) groups is 1. The van der Waals surface area contributed by atoms with Gasteiger partial charge in [0.05, 0.1) is 13.7 Å². The van der Waals surface area contributed by atoms with Gasteiger partial charge in [-0.05, 0) is 37.6 Å². The summed E-state index contributed by atoms with van der Waals surface area (Å²) in [5.41, 5.74) is 2.28. The molecule has 0 saturated heterocycles. The molecule has 1 rings (SSSR count). The first-order valence-electron chi connectivity index (χ1n) is 5.72. The molecule has 2 N–H and O–H groups in total. The molecule has 0 fully saturated rings. The van der Waals surface area contributed by atoms with Gasteiger partial charge in [-0.2, -0.15) is 0 Å². The van der Waals surface area contributed by atoms with Crippen LogP contribution in [0.4, 0.5) is 0 Å². The van der Waals surface area contributed by atoms with Crippen LogP contribution in [0.2, 0.25) is 0 Å². The van der Waals surface area contributed by atoms with Crippen LogP contribution in [0, 0.1) is 6.92 Å². The van der Waals surface area contributed by atoms with Crippen LogP contribution in [0.1, 0.15) is 11.1 Å². The van der Waals surface area contributed by atoms with E-state index in [9.17, 15) is 4.79 Å². The normalized spacial score (nSPS) is 9.50. The first kappa shape index (κ1) is 16.7. The molecular weight excluding hydrogens is 252 g/mol. The number of methoxy groups -OCH3 is 1. The average molecular weight is 273 g/mol. The van der Waals surface area contributed by atoms with Crippen LogP contribution in [0.3, 0.4) is 0 Å². The predicted molar refractivity (Wildman–Crippen MR) is 75.6 cm³/mol. The number of carbonyl (C=O) groups excluding carboxylic acids is 1. The van der Waals surface area contributed by atoms with Crippen LogP contribution >= 0.6 is 12.4 Å². The molecule has 102 valence electrons. The van der Waals surface area contributed by atoms with Gasteiger partial charge >= 0.3 is 0 Å². The molecule has 0 bridgehead atoms. The van der Waals surface area contributed by atoms with Crippen LogP contribution in [0.15, 0.2) is 18.2 Å². The van der Waals surface area contributed by atoms with E-state index in [1.54, 1.807) is 14.2 Å². The highest BCUT2D eigenvalue weighted by molar-refractivity contribution is 5.85. The number of likely N-dealkylation sites (N-methyl/N-ethyl adjacent to an activating group) is 1. The maximum absolute atomic E-state index is 11.2. The fourth-order valence-corrected chi connectivity index (χ4v) is 1.59. The molecule has 1 amide bonds. The molecule has 0 unspecified atom stereocenters. The summed E-state index contributed by atoms with van der Waals surface area (Å²) in [5, 5.41) is 5.65. The van der Waals surface area contributed by atoms with Crippen LogP contribution < -0.4 is 15.4 Å². The summed E-state index contributed by atoms with van der Waals surface area (Å²) in [6.45, 7) is 3.02. The Balaban J connectivity index is 0.00000289. The zero-order chi connectivity index (χ0) is 12.7. The molecule has 0 spiro atoms. The Morgan fingerprint density at radius 1 is 1.39 bits per heavy atom. The fourth-order valence-electron chi connectivity index (χ4n) is 1.59. The summed E-state index contributed by atoms with van der Waals surface area (Å²) >= 11 is 0. The standard InChI is InChI=1S/C13H20N2O2.ClH/c1-10-4-5-11(8-12(10)17-3)6-7-15-13(16)9-14-2;/h4-5,8,14H,6-7,9H2,1-3H3,(H,15,16);1H. The van der Waals surface area contributed by atoms with Gasteiger partial charge in [0.25, 0.3) is 0 Å². The smallest absolute Gasteiger partial charge is 0.233 e. The number of benzene rings is 1. The second kappa shape index (κ2) is 8.78. The number of nitrogens with one attached hydrogen (secondary N) is 2. The number of amides is 1. The molecule has 18 heavy (non-hydrogen) atoms. The number of halogens is 1. The quantitative estimate of drug-likeness (QED) is 0.821. The molecule has 0 atom stereocenters. The van der Waals surface area contributed by atoms with Gasteiger partial charge in [-0.3, -0.25) is 4.79 Å². The molecule has 0 heterocycles. The number of hydrogen-bond acceptors (Lipinski definition) is 3. The van der Waals surface area contributed by atoms with E-state index in [2.05, 4.69) is 16.7 Å². The van der Waals surface area contributed by atoms with Crippen molar-refractivity contribution < 1.29 is 9.53 Å². The topological polar surface area (TPSA) is 50.4 Å². The average Bonchev–Trinajstić information content (AvgIpc) is 2.31. The molecular formula is C13H21ClN2O2. The number of hydrogen-bond donors (Lipinski definition) is 2. The zero-order valence-corrected chi connectivity index (χ0v) is 11.9. The maximum atomic E-state index is 11.2. The third kappa shape index (κ3) is 5.38. The van der Waals surface area contributed by atoms with Crippen molar-refractivity contribution in [2.24, 2.45) is 0 Å². The summed E-state index contributed by atoms with van der Waals surface area (Å²) in [6, 6.07) is 6.10. The molecule has 1 aromatic carbocycles. The molecule has 0 aliphatic rings. The third-order valence-corrected chi connectivity index (χ3v) is 2.55. The van der Waals surface area contributed by atoms with Gasteiger partial charge in [0, 0.05) is 6.54 Å². The zero-order valence-electron chi connectivity index (χ0n) is 11.1. The second-order valence-corrected chi connectivity index (χ2v) is 3.93. The van der Waals surface area contributed by atoms with Gasteiger partial charge in [-0.25, -0.2) is 0 Å². The Hall–Kier alpha value is -1.26. The summed E-state index contributed by atoms with van der Waals surface area (Å²) in [7, 11) is 3.42. The van der Waals surface area contributed by atoms with E-state index in [-0.39, 0.29) is 18.3 Å². The lowest BCUT2D eigenvalue weighted by Gasteiger charge is -2.08. The Labute approximate surface area is 115 Å². The van der Waals surface area contributed by atoms with Crippen LogP contribution in [-0.4, -0.2) is 33.2 Å². The highest BCUT2D eigenvalue weighted by Crippen LogP contribution is 2.18. The van der Waals surface area contributed by atoms with Crippen molar-refractivity contribution in [3.05, 3.63) is 29.3 Å². The summed E-state index contributed by atoms with van der Waals surface area (Å²) in [5.74, 6) is 0.913. The van der Waals surface area contributed by atoms with Gasteiger partial charge in [0.15, 0.2) is 0 Å². The third-order valence-electron chi connectivity index (χ3n) is 2.55. The summed E-state index contributed by atoms with van der Waals surface area (Å²) in [6.07, 6.45) is 0.812. The minimum absolute atomic E-state index is 0. The lowest BCUT2D eigenvalue weighted by Crippen LogP contribution is -2.33. The van der Waals surface area contributed by atoms with E-state index < -0.39 is 0 Å². The van der Waals surface area contributed by atoms with Crippen molar-refractivity contribution in [2.45, 2.75) is 13.3 Å². The Morgan fingerprint density at radius 3 is 2.72 bits per heavy atom. The van der Waals surface area contributed by atoms with Gasteiger partial charge in [0.2, 0.25) is 5.91 Å². The van der Waals surface area contributed by atoms with Crippen molar-refractivity contribution in [3.8, 4) is 5.75 Å². The van der Waals surface area contributed by atoms with Crippen LogP contribution in [0.5, 0.6) is 5.75 Å². The second-order valence-electron chi connectivity index (χ2n) is 3.93. The van der Waals surface area contributed by atoms with E-state index in [4.69, 9.17) is 4.74 Å². The minimum Gasteiger partial charge on any atom is -0.496 e. The number of aryl methyl sites for hydroxylation is 1. The summed E-state index contributed by atoms with van der Waals surface area (Å²) < 4.78 is 5.25. The predicted octanol–water partition coefficient (Wildman–Crippen LogP) is 1.30. The first-order chi connectivity index (χ1) is 8.17. The van der Waals surface area contributed by atoms with Crippen LogP contribution in [0.25, 0.3) is 0 Å². The minimum atomic E-state index is 0. The molecule has 4 nitrogen and oxygen atoms in total. The Kier molecular flexibility index (Phi) is 8.16. The van der Waals surface area contributed by atoms with E-state index >= 15 is 0 Å². The Bertz CT molecular complexity index is 383. The van der Waals surface area contributed by atoms with Gasteiger partial charge in [-0.1, -0.05) is 12.1 Å². The molecule has 0 saturated carbocycles. The largest absolute Gasteiger partial charge is 0.496 e. The van der Waals surface area contributed by atoms with Gasteiger partial charge < -0.3 is 15.4 Å². The van der Waals surface area contributed by atoms with Crippen molar-refractivity contribution in [2.75, 3.05) is 27.2 Å². The van der Waals surface area contributed by atoms with E-state index in [0.29, 0.717) is 13.1 Å². The fraction of sp³-hybridized carbons (Fsp3) is 0.462.